The number of aryl methyl sites for hydroxylation is 2. The highest BCUT2D eigenvalue weighted by atomic mass is 32.2. The van der Waals surface area contributed by atoms with Crippen LogP contribution in [0.15, 0.2) is 51.4 Å². The zero-order chi connectivity index (χ0) is 20.9. The highest BCUT2D eigenvalue weighted by Crippen LogP contribution is 2.30. The topological polar surface area (TPSA) is 121 Å². The van der Waals surface area contributed by atoms with E-state index in [4.69, 9.17) is 0 Å². The molecule has 0 radical (unpaired) electrons. The van der Waals surface area contributed by atoms with Gasteiger partial charge in [-0.25, -0.2) is 18.2 Å². The van der Waals surface area contributed by atoms with Crippen LogP contribution in [0.4, 0.5) is 5.13 Å². The van der Waals surface area contributed by atoms with Crippen LogP contribution in [-0.4, -0.2) is 31.5 Å². The average molecular weight is 432 g/mol. The number of benzene rings is 1. The summed E-state index contributed by atoms with van der Waals surface area (Å²) in [5.74, 6) is 0. The van der Waals surface area contributed by atoms with E-state index in [-0.39, 0.29) is 10.0 Å². The molecule has 0 bridgehead atoms. The Kier molecular flexibility index (Phi) is 4.39. The average Bonchev–Trinajstić information content (AvgIpc) is 3.30. The molecule has 3 heterocycles. The Morgan fingerprint density at radius 1 is 1.03 bits per heavy atom. The van der Waals surface area contributed by atoms with Gasteiger partial charge >= 0.3 is 5.69 Å². The highest BCUT2D eigenvalue weighted by molar-refractivity contribution is 7.93. The molecule has 10 nitrogen and oxygen atoms in total. The summed E-state index contributed by atoms with van der Waals surface area (Å²) in [5.41, 5.74) is 0.740. The van der Waals surface area contributed by atoms with E-state index in [9.17, 15) is 18.0 Å². The minimum Gasteiger partial charge on any atom is -0.350 e. The van der Waals surface area contributed by atoms with Crippen molar-refractivity contribution in [2.75, 3.05) is 4.72 Å². The first-order valence-electron chi connectivity index (χ1n) is 8.34. The number of hydrogen-bond acceptors (Lipinski definition) is 7. The second-order valence-electron chi connectivity index (χ2n) is 6.48. The predicted octanol–water partition coefficient (Wildman–Crippen LogP) is 0.895. The number of sulfonamides is 1. The summed E-state index contributed by atoms with van der Waals surface area (Å²) >= 11 is 0.937. The lowest BCUT2D eigenvalue weighted by Gasteiger charge is -2.07. The lowest BCUT2D eigenvalue weighted by Crippen LogP contribution is -2.37. The van der Waals surface area contributed by atoms with Gasteiger partial charge in [0.2, 0.25) is 5.13 Å². The third-order valence-corrected chi connectivity index (χ3v) is 6.64. The third kappa shape index (κ3) is 3.15. The monoisotopic (exact) mass is 432 g/mol. The molecule has 0 aliphatic rings. The summed E-state index contributed by atoms with van der Waals surface area (Å²) in [6.07, 6.45) is 4.49. The molecule has 1 aromatic carbocycles. The van der Waals surface area contributed by atoms with Crippen molar-refractivity contribution in [3.8, 4) is 11.1 Å². The predicted molar refractivity (Wildman–Crippen MR) is 110 cm³/mol. The van der Waals surface area contributed by atoms with Crippen LogP contribution in [-0.2, 0) is 31.2 Å². The Bertz CT molecular complexity index is 1460. The second-order valence-corrected chi connectivity index (χ2v) is 8.95. The lowest BCUT2D eigenvalue weighted by molar-refractivity contribution is 0.601. The van der Waals surface area contributed by atoms with Gasteiger partial charge in [-0.1, -0.05) is 6.07 Å². The molecular formula is C17H16N6O4S2. The number of aromatic nitrogens is 5. The maximum absolute atomic E-state index is 12.6. The molecule has 150 valence electrons. The van der Waals surface area contributed by atoms with E-state index >= 15 is 0 Å². The fourth-order valence-electron chi connectivity index (χ4n) is 3.13. The molecule has 1 N–H and O–H groups in total. The number of nitrogens with zero attached hydrogens (tertiary/aromatic N) is 5. The van der Waals surface area contributed by atoms with Gasteiger partial charge in [-0.05, 0) is 12.1 Å². The fourth-order valence-corrected chi connectivity index (χ4v) is 4.81. The normalized spacial score (nSPS) is 11.8. The number of hydrogen-bond donors (Lipinski definition) is 1. The fraction of sp³-hybridized carbons (Fsp3) is 0.176. The molecule has 0 aliphatic carbocycles. The van der Waals surface area contributed by atoms with Gasteiger partial charge < -0.3 is 9.13 Å². The van der Waals surface area contributed by atoms with Crippen molar-refractivity contribution in [2.24, 2.45) is 21.1 Å². The Morgan fingerprint density at radius 2 is 1.76 bits per heavy atom. The Hall–Kier alpha value is -3.25. The minimum atomic E-state index is -3.84. The quantitative estimate of drug-likeness (QED) is 0.511. The Morgan fingerprint density at radius 3 is 2.45 bits per heavy atom. The van der Waals surface area contributed by atoms with Crippen LogP contribution in [0.5, 0.6) is 0 Å². The van der Waals surface area contributed by atoms with Gasteiger partial charge in [0.15, 0.2) is 0 Å². The van der Waals surface area contributed by atoms with E-state index in [1.54, 1.807) is 30.9 Å². The van der Waals surface area contributed by atoms with E-state index in [1.165, 1.54) is 36.3 Å². The minimum absolute atomic E-state index is 0.0568. The molecule has 0 saturated carbocycles. The summed E-state index contributed by atoms with van der Waals surface area (Å²) in [7, 11) is 0.905. The van der Waals surface area contributed by atoms with Crippen LogP contribution >= 0.6 is 11.5 Å². The first-order valence-corrected chi connectivity index (χ1v) is 10.6. The van der Waals surface area contributed by atoms with Gasteiger partial charge in [-0.15, -0.1) is 0 Å². The van der Waals surface area contributed by atoms with E-state index < -0.39 is 21.3 Å². The summed E-state index contributed by atoms with van der Waals surface area (Å²) in [5, 5.41) is 0.865. The van der Waals surface area contributed by atoms with Gasteiger partial charge in [0.25, 0.3) is 15.6 Å². The van der Waals surface area contributed by atoms with E-state index in [2.05, 4.69) is 14.1 Å². The van der Waals surface area contributed by atoms with Crippen LogP contribution in [0.3, 0.4) is 0 Å². The summed E-state index contributed by atoms with van der Waals surface area (Å²) in [6, 6.07) is 4.63. The van der Waals surface area contributed by atoms with Gasteiger partial charge in [0.1, 0.15) is 6.33 Å². The molecule has 3 aromatic heterocycles. The number of anilines is 1. The standard InChI is InChI=1S/C17H16N6O4S2/c1-21-7-12(13-8-22(2)17(25)23(3)15(13)24)11-5-4-10(6-14(11)21)29(26,27)20-16-18-9-19-28-16/h4-9H,1-3H3,(H,18,19,20). The SMILES string of the molecule is Cn1cc(-c2cn(C)c3cc(S(=O)(=O)Nc4ncns4)ccc23)c(=O)n(C)c1=O. The van der Waals surface area contributed by atoms with E-state index in [0.717, 1.165) is 16.1 Å². The summed E-state index contributed by atoms with van der Waals surface area (Å²) < 4.78 is 35.5. The van der Waals surface area contributed by atoms with Crippen LogP contribution in [0.1, 0.15) is 0 Å². The van der Waals surface area contributed by atoms with Crippen molar-refractivity contribution in [3.63, 3.8) is 0 Å². The molecule has 0 unspecified atom stereocenters. The zero-order valence-electron chi connectivity index (χ0n) is 15.6. The number of rotatable bonds is 4. The molecule has 0 aliphatic heterocycles. The molecule has 29 heavy (non-hydrogen) atoms. The van der Waals surface area contributed by atoms with Crippen LogP contribution in [0.2, 0.25) is 0 Å². The van der Waals surface area contributed by atoms with Gasteiger partial charge in [0, 0.05) is 61.5 Å². The maximum Gasteiger partial charge on any atom is 0.330 e. The van der Waals surface area contributed by atoms with Crippen molar-refractivity contribution in [2.45, 2.75) is 4.90 Å². The summed E-state index contributed by atoms with van der Waals surface area (Å²) in [6.45, 7) is 0. The molecule has 0 atom stereocenters. The molecule has 0 spiro atoms. The summed E-state index contributed by atoms with van der Waals surface area (Å²) in [4.78, 5) is 28.5. The van der Waals surface area contributed by atoms with Crippen molar-refractivity contribution in [3.05, 3.63) is 57.8 Å². The zero-order valence-corrected chi connectivity index (χ0v) is 17.3. The first-order chi connectivity index (χ1) is 13.7. The highest BCUT2D eigenvalue weighted by Gasteiger charge is 2.20. The van der Waals surface area contributed by atoms with Crippen molar-refractivity contribution in [1.82, 2.24) is 23.1 Å². The van der Waals surface area contributed by atoms with Crippen LogP contribution < -0.4 is 16.0 Å². The van der Waals surface area contributed by atoms with Crippen LogP contribution in [0, 0.1) is 0 Å². The number of nitrogens with one attached hydrogen (secondary N) is 1. The van der Waals surface area contributed by atoms with E-state index in [1.807, 2.05) is 0 Å². The number of fused-ring (bicyclic) bond motifs is 1. The van der Waals surface area contributed by atoms with Gasteiger partial charge in [-0.2, -0.15) is 4.37 Å². The van der Waals surface area contributed by atoms with Gasteiger partial charge in [0.05, 0.1) is 10.5 Å². The second kappa shape index (κ2) is 6.67. The molecule has 0 amide bonds. The molecule has 4 rings (SSSR count). The van der Waals surface area contributed by atoms with Crippen molar-refractivity contribution in [1.29, 1.82) is 0 Å². The van der Waals surface area contributed by atoms with Gasteiger partial charge in [-0.3, -0.25) is 14.1 Å². The Balaban J connectivity index is 1.87. The molecular weight excluding hydrogens is 416 g/mol. The van der Waals surface area contributed by atoms with E-state index in [0.29, 0.717) is 22.0 Å². The third-order valence-electron chi connectivity index (χ3n) is 4.59. The maximum atomic E-state index is 12.6. The molecule has 12 heteroatoms. The molecule has 4 aromatic rings. The first kappa shape index (κ1) is 19.1. The Labute approximate surface area is 168 Å². The lowest BCUT2D eigenvalue weighted by atomic mass is 10.1. The molecule has 0 fully saturated rings. The van der Waals surface area contributed by atoms with Crippen LogP contribution in [0.25, 0.3) is 22.0 Å². The molecule has 0 saturated heterocycles. The van der Waals surface area contributed by atoms with Crippen molar-refractivity contribution >= 4 is 37.6 Å². The smallest absolute Gasteiger partial charge is 0.330 e. The largest absolute Gasteiger partial charge is 0.350 e. The van der Waals surface area contributed by atoms with Crippen molar-refractivity contribution < 1.29 is 8.42 Å².